The molecule has 0 unspecified atom stereocenters. The molecule has 0 saturated carbocycles. The molecule has 1 aliphatic rings. The number of amides is 1. The normalized spacial score (nSPS) is 20.3. The fourth-order valence-corrected chi connectivity index (χ4v) is 3.91. The Morgan fingerprint density at radius 1 is 1.22 bits per heavy atom. The van der Waals surface area contributed by atoms with E-state index in [4.69, 9.17) is 0 Å². The monoisotopic (exact) mass is 338 g/mol. The van der Waals surface area contributed by atoms with Crippen LogP contribution in [-0.2, 0) is 20.0 Å². The van der Waals surface area contributed by atoms with Gasteiger partial charge in [-0.15, -0.1) is 0 Å². The van der Waals surface area contributed by atoms with Gasteiger partial charge < -0.3 is 5.32 Å². The molecule has 0 aromatic heterocycles. The first-order chi connectivity index (χ1) is 10.6. The van der Waals surface area contributed by atoms with Gasteiger partial charge in [0.05, 0.1) is 16.7 Å². The molecule has 1 saturated heterocycles. The summed E-state index contributed by atoms with van der Waals surface area (Å²) in [4.78, 5) is 13.9. The van der Waals surface area contributed by atoms with Gasteiger partial charge in [-0.3, -0.25) is 9.69 Å². The van der Waals surface area contributed by atoms with Crippen LogP contribution < -0.4 is 5.32 Å². The zero-order valence-corrected chi connectivity index (χ0v) is 15.1. The first kappa shape index (κ1) is 17.9. The topological polar surface area (TPSA) is 66.5 Å². The highest BCUT2D eigenvalue weighted by Crippen LogP contribution is 2.23. The molecule has 128 valence electrons. The van der Waals surface area contributed by atoms with Crippen molar-refractivity contribution in [2.24, 2.45) is 0 Å². The maximum atomic E-state index is 12.5. The molecule has 1 heterocycles. The third-order valence-corrected chi connectivity index (χ3v) is 6.06. The zero-order valence-electron chi connectivity index (χ0n) is 14.3. The van der Waals surface area contributed by atoms with E-state index >= 15 is 0 Å². The number of piperazine rings is 1. The lowest BCUT2D eigenvalue weighted by atomic mass is 9.87. The summed E-state index contributed by atoms with van der Waals surface area (Å²) in [6.45, 7) is 9.73. The first-order valence-corrected chi connectivity index (χ1v) is 9.61. The van der Waals surface area contributed by atoms with Gasteiger partial charge in [0.1, 0.15) is 0 Å². The number of carbonyl (C=O) groups is 1. The Balaban J connectivity index is 2.05. The summed E-state index contributed by atoms with van der Waals surface area (Å²) in [5.41, 5.74) is 1.11. The first-order valence-electron chi connectivity index (χ1n) is 7.96. The van der Waals surface area contributed by atoms with E-state index in [-0.39, 0.29) is 23.1 Å². The zero-order chi connectivity index (χ0) is 17.3. The smallest absolute Gasteiger partial charge is 0.237 e. The SMILES string of the molecule is C[C@@H]1C(=O)NCCN1CCS(=O)(=O)c1ccc(C(C)(C)C)cc1. The largest absolute Gasteiger partial charge is 0.353 e. The molecule has 0 aliphatic carbocycles. The average molecular weight is 338 g/mol. The van der Waals surface area contributed by atoms with Crippen molar-refractivity contribution >= 4 is 15.7 Å². The van der Waals surface area contributed by atoms with E-state index in [0.717, 1.165) is 5.56 Å². The van der Waals surface area contributed by atoms with Crippen LogP contribution in [0.15, 0.2) is 29.2 Å². The van der Waals surface area contributed by atoms with Crippen molar-refractivity contribution in [3.05, 3.63) is 29.8 Å². The third kappa shape index (κ3) is 4.32. The van der Waals surface area contributed by atoms with Crippen molar-refractivity contribution < 1.29 is 13.2 Å². The fourth-order valence-electron chi connectivity index (χ4n) is 2.65. The van der Waals surface area contributed by atoms with Crippen molar-refractivity contribution in [1.82, 2.24) is 10.2 Å². The van der Waals surface area contributed by atoms with Gasteiger partial charge in [0, 0.05) is 19.6 Å². The molecule has 1 atom stereocenters. The molecule has 6 heteroatoms. The molecule has 1 fully saturated rings. The molecule has 1 amide bonds. The van der Waals surface area contributed by atoms with Gasteiger partial charge >= 0.3 is 0 Å². The highest BCUT2D eigenvalue weighted by atomic mass is 32.2. The van der Waals surface area contributed by atoms with Crippen molar-refractivity contribution in [1.29, 1.82) is 0 Å². The number of hydrogen-bond donors (Lipinski definition) is 1. The summed E-state index contributed by atoms with van der Waals surface area (Å²) in [6, 6.07) is 6.85. The van der Waals surface area contributed by atoms with Gasteiger partial charge in [0.25, 0.3) is 0 Å². The second-order valence-corrected chi connectivity index (χ2v) is 9.21. The summed E-state index contributed by atoms with van der Waals surface area (Å²) >= 11 is 0. The van der Waals surface area contributed by atoms with Crippen LogP contribution in [0.5, 0.6) is 0 Å². The minimum atomic E-state index is -3.34. The maximum Gasteiger partial charge on any atom is 0.237 e. The Morgan fingerprint density at radius 2 is 1.83 bits per heavy atom. The molecule has 1 aromatic carbocycles. The Hall–Kier alpha value is -1.40. The van der Waals surface area contributed by atoms with Crippen molar-refractivity contribution in [3.63, 3.8) is 0 Å². The average Bonchev–Trinajstić information content (AvgIpc) is 2.48. The van der Waals surface area contributed by atoms with E-state index in [1.165, 1.54) is 0 Å². The van der Waals surface area contributed by atoms with Crippen LogP contribution in [0.3, 0.4) is 0 Å². The lowest BCUT2D eigenvalue weighted by molar-refractivity contribution is -0.128. The summed E-state index contributed by atoms with van der Waals surface area (Å²) in [6.07, 6.45) is 0. The van der Waals surface area contributed by atoms with Crippen LogP contribution in [0.25, 0.3) is 0 Å². The molecule has 2 rings (SSSR count). The van der Waals surface area contributed by atoms with E-state index in [2.05, 4.69) is 26.1 Å². The second-order valence-electron chi connectivity index (χ2n) is 7.10. The Kier molecular flexibility index (Phi) is 5.16. The lowest BCUT2D eigenvalue weighted by Gasteiger charge is -2.32. The van der Waals surface area contributed by atoms with Crippen molar-refractivity contribution in [3.8, 4) is 0 Å². The van der Waals surface area contributed by atoms with Gasteiger partial charge in [-0.25, -0.2) is 8.42 Å². The van der Waals surface area contributed by atoms with Crippen LogP contribution in [0.2, 0.25) is 0 Å². The number of rotatable bonds is 4. The van der Waals surface area contributed by atoms with Crippen LogP contribution in [-0.4, -0.2) is 50.7 Å². The van der Waals surface area contributed by atoms with Crippen LogP contribution in [0, 0.1) is 0 Å². The van der Waals surface area contributed by atoms with Crippen molar-refractivity contribution in [2.75, 3.05) is 25.4 Å². The number of sulfone groups is 1. The van der Waals surface area contributed by atoms with Gasteiger partial charge in [-0.1, -0.05) is 32.9 Å². The molecule has 1 aromatic rings. The van der Waals surface area contributed by atoms with Crippen LogP contribution in [0.1, 0.15) is 33.3 Å². The third-order valence-electron chi connectivity index (χ3n) is 4.35. The molecule has 5 nitrogen and oxygen atoms in total. The lowest BCUT2D eigenvalue weighted by Crippen LogP contribution is -2.54. The van der Waals surface area contributed by atoms with Crippen LogP contribution >= 0.6 is 0 Å². The Labute approximate surface area is 139 Å². The van der Waals surface area contributed by atoms with Crippen LogP contribution in [0.4, 0.5) is 0 Å². The Bertz CT molecular complexity index is 660. The molecule has 0 spiro atoms. The number of hydrogen-bond acceptors (Lipinski definition) is 4. The van der Waals surface area contributed by atoms with Gasteiger partial charge in [0.15, 0.2) is 9.84 Å². The Morgan fingerprint density at radius 3 is 2.39 bits per heavy atom. The predicted molar refractivity (Wildman–Crippen MR) is 91.2 cm³/mol. The van der Waals surface area contributed by atoms with E-state index in [0.29, 0.717) is 24.5 Å². The van der Waals surface area contributed by atoms with Gasteiger partial charge in [-0.05, 0) is 30.0 Å². The molecule has 1 N–H and O–H groups in total. The summed E-state index contributed by atoms with van der Waals surface area (Å²) in [7, 11) is -3.34. The second kappa shape index (κ2) is 6.61. The van der Waals surface area contributed by atoms with Gasteiger partial charge in [-0.2, -0.15) is 0 Å². The van der Waals surface area contributed by atoms with E-state index in [9.17, 15) is 13.2 Å². The van der Waals surface area contributed by atoms with Gasteiger partial charge in [0.2, 0.25) is 5.91 Å². The molecular formula is C17H26N2O3S. The highest BCUT2D eigenvalue weighted by Gasteiger charge is 2.27. The molecule has 0 bridgehead atoms. The minimum Gasteiger partial charge on any atom is -0.353 e. The number of nitrogens with zero attached hydrogens (tertiary/aromatic N) is 1. The molecule has 23 heavy (non-hydrogen) atoms. The summed E-state index contributed by atoms with van der Waals surface area (Å²) < 4.78 is 25.0. The minimum absolute atomic E-state index is 0.00110. The van der Waals surface area contributed by atoms with E-state index < -0.39 is 9.84 Å². The predicted octanol–water partition coefficient (Wildman–Crippen LogP) is 1.58. The number of carbonyl (C=O) groups excluding carboxylic acids is 1. The number of benzene rings is 1. The molecular weight excluding hydrogens is 312 g/mol. The fraction of sp³-hybridized carbons (Fsp3) is 0.588. The molecule has 0 radical (unpaired) electrons. The number of nitrogens with one attached hydrogen (secondary N) is 1. The summed E-state index contributed by atoms with van der Waals surface area (Å²) in [5, 5.41) is 2.78. The molecule has 1 aliphatic heterocycles. The summed E-state index contributed by atoms with van der Waals surface area (Å²) in [5.74, 6) is -0.0115. The van der Waals surface area contributed by atoms with Crippen molar-refractivity contribution in [2.45, 2.75) is 44.0 Å². The quantitative estimate of drug-likeness (QED) is 0.905. The highest BCUT2D eigenvalue weighted by molar-refractivity contribution is 7.91. The van der Waals surface area contributed by atoms with E-state index in [1.54, 1.807) is 19.1 Å². The maximum absolute atomic E-state index is 12.5. The standard InChI is InChI=1S/C17H26N2O3S/c1-13-16(20)18-9-10-19(13)11-12-23(21,22)15-7-5-14(6-8-15)17(2,3)4/h5-8,13H,9-12H2,1-4H3,(H,18,20)/t13-/m1/s1. The van der Waals surface area contributed by atoms with E-state index in [1.807, 2.05) is 17.0 Å².